The number of rotatable bonds is 7. The van der Waals surface area contributed by atoms with Gasteiger partial charge in [0.15, 0.2) is 18.9 Å². The van der Waals surface area contributed by atoms with E-state index in [0.29, 0.717) is 0 Å². The van der Waals surface area contributed by atoms with Crippen LogP contribution in [0.5, 0.6) is 0 Å². The van der Waals surface area contributed by atoms with Crippen molar-refractivity contribution in [2.45, 2.75) is 92.1 Å². The molecular weight excluding hydrogens is 472 g/mol. The average molecular weight is 504 g/mol. The molecule has 16 heteroatoms. The number of aliphatic hydroxyl groups excluding tert-OH is 11. The molecule has 0 aromatic heterocycles. The maximum atomic E-state index is 10.6. The Bertz CT molecular complexity index is 637. The van der Waals surface area contributed by atoms with Crippen LogP contribution in [0, 0.1) is 0 Å². The van der Waals surface area contributed by atoms with Gasteiger partial charge in [-0.05, 0) is 0 Å². The summed E-state index contributed by atoms with van der Waals surface area (Å²) in [5.74, 6) is 0. The fraction of sp³-hybridized carbons (Fsp3) is 1.00. The van der Waals surface area contributed by atoms with Crippen LogP contribution in [0.2, 0.25) is 0 Å². The van der Waals surface area contributed by atoms with E-state index in [1.54, 1.807) is 0 Å². The Morgan fingerprint density at radius 1 is 0.441 bits per heavy atom. The number of aliphatic hydroxyl groups is 11. The van der Waals surface area contributed by atoms with Crippen molar-refractivity contribution in [2.24, 2.45) is 0 Å². The fourth-order valence-corrected chi connectivity index (χ4v) is 4.04. The molecule has 0 amide bonds. The first kappa shape index (κ1) is 27.9. The van der Waals surface area contributed by atoms with E-state index in [0.717, 1.165) is 0 Å². The molecule has 0 spiro atoms. The van der Waals surface area contributed by atoms with E-state index in [-0.39, 0.29) is 0 Å². The maximum Gasteiger partial charge on any atom is 0.187 e. The van der Waals surface area contributed by atoms with Crippen LogP contribution in [0.3, 0.4) is 0 Å². The van der Waals surface area contributed by atoms with Crippen molar-refractivity contribution in [1.82, 2.24) is 0 Å². The smallest absolute Gasteiger partial charge is 0.187 e. The molecule has 0 aromatic rings. The molecule has 16 nitrogen and oxygen atoms in total. The van der Waals surface area contributed by atoms with Gasteiger partial charge in [0.25, 0.3) is 0 Å². The molecule has 3 heterocycles. The molecule has 3 aliphatic rings. The largest absolute Gasteiger partial charge is 0.394 e. The van der Waals surface area contributed by atoms with Gasteiger partial charge < -0.3 is 79.9 Å². The lowest BCUT2D eigenvalue weighted by Gasteiger charge is -2.47. The summed E-state index contributed by atoms with van der Waals surface area (Å²) in [7, 11) is 0. The zero-order chi connectivity index (χ0) is 25.3. The molecule has 0 radical (unpaired) electrons. The Balaban J connectivity index is 1.70. The van der Waals surface area contributed by atoms with Gasteiger partial charge in [0.2, 0.25) is 0 Å². The molecule has 3 aliphatic heterocycles. The van der Waals surface area contributed by atoms with Crippen LogP contribution >= 0.6 is 0 Å². The fourth-order valence-electron chi connectivity index (χ4n) is 4.04. The number of hydrogen-bond acceptors (Lipinski definition) is 16. The van der Waals surface area contributed by atoms with E-state index in [9.17, 15) is 51.1 Å². The van der Waals surface area contributed by atoms with Crippen molar-refractivity contribution in [3.8, 4) is 0 Å². The summed E-state index contributed by atoms with van der Waals surface area (Å²) >= 11 is 0. The summed E-state index contributed by atoms with van der Waals surface area (Å²) < 4.78 is 26.2. The van der Waals surface area contributed by atoms with Crippen molar-refractivity contribution >= 4 is 0 Å². The standard InChI is InChI=1S/C18H32O16/c19-1-4-8(23)10(25)15(16(29)30-4)34-18-13(28)11(26)14(6(3-21)32-18)33-17-12(27)9(24)7(22)5(2-20)31-17/h4-29H,1-3H2/t4-,5-,6-,7-,8-,9+,10+,11-,12-,13-,14-,15-,16?,17-,18-/m1/s1. The van der Waals surface area contributed by atoms with E-state index >= 15 is 0 Å². The summed E-state index contributed by atoms with van der Waals surface area (Å²) in [6.45, 7) is -2.28. The monoisotopic (exact) mass is 504 g/mol. The quantitative estimate of drug-likeness (QED) is 0.154. The Morgan fingerprint density at radius 3 is 1.41 bits per heavy atom. The molecule has 0 aliphatic carbocycles. The normalized spacial score (nSPS) is 52.5. The molecule has 15 atom stereocenters. The molecule has 1 unspecified atom stereocenters. The van der Waals surface area contributed by atoms with Gasteiger partial charge >= 0.3 is 0 Å². The van der Waals surface area contributed by atoms with Crippen molar-refractivity contribution in [1.29, 1.82) is 0 Å². The summed E-state index contributed by atoms with van der Waals surface area (Å²) in [6, 6.07) is 0. The van der Waals surface area contributed by atoms with Crippen molar-refractivity contribution in [3.05, 3.63) is 0 Å². The Hall–Kier alpha value is -0.640. The van der Waals surface area contributed by atoms with Crippen molar-refractivity contribution < 1.29 is 79.9 Å². The van der Waals surface area contributed by atoms with Crippen molar-refractivity contribution in [2.75, 3.05) is 19.8 Å². The second-order valence-electron chi connectivity index (χ2n) is 8.33. The van der Waals surface area contributed by atoms with Crippen LogP contribution in [0.4, 0.5) is 0 Å². The van der Waals surface area contributed by atoms with Crippen LogP contribution in [0.25, 0.3) is 0 Å². The van der Waals surface area contributed by atoms with Gasteiger partial charge in [-0.15, -0.1) is 0 Å². The molecule has 200 valence electrons. The molecule has 0 bridgehead atoms. The first-order valence-electron chi connectivity index (χ1n) is 10.6. The summed E-state index contributed by atoms with van der Waals surface area (Å²) in [4.78, 5) is 0. The first-order chi connectivity index (χ1) is 16.0. The SMILES string of the molecule is OC[C@H]1O[C@H](O[C@H]2[C@H](O)[C@@H](O)[C@@H](O[C@H]3C(O)O[C@H](CO)[C@@H](O)[C@@H]3O)O[C@@H]2CO)[C@H](O)[C@@H](O)[C@@H]1O. The minimum atomic E-state index is -1.93. The van der Waals surface area contributed by atoms with Crippen LogP contribution in [0.15, 0.2) is 0 Å². The van der Waals surface area contributed by atoms with Gasteiger partial charge in [-0.3, -0.25) is 0 Å². The Morgan fingerprint density at radius 2 is 0.853 bits per heavy atom. The predicted octanol–water partition coefficient (Wildman–Crippen LogP) is -7.57. The molecular formula is C18H32O16. The highest BCUT2D eigenvalue weighted by Crippen LogP contribution is 2.31. The van der Waals surface area contributed by atoms with Gasteiger partial charge in [-0.1, -0.05) is 0 Å². The number of ether oxygens (including phenoxy) is 5. The molecule has 3 saturated heterocycles. The molecule has 3 fully saturated rings. The Kier molecular flexibility index (Phi) is 9.54. The lowest BCUT2D eigenvalue weighted by molar-refractivity contribution is -0.381. The van der Waals surface area contributed by atoms with Crippen LogP contribution in [0.1, 0.15) is 0 Å². The Labute approximate surface area is 192 Å². The van der Waals surface area contributed by atoms with Gasteiger partial charge in [0, 0.05) is 0 Å². The van der Waals surface area contributed by atoms with Crippen LogP contribution in [-0.4, -0.2) is 168 Å². The number of hydrogen-bond donors (Lipinski definition) is 11. The molecule has 34 heavy (non-hydrogen) atoms. The third kappa shape index (κ3) is 5.37. The highest BCUT2D eigenvalue weighted by atomic mass is 16.8. The summed E-state index contributed by atoms with van der Waals surface area (Å²) in [5.41, 5.74) is 0. The predicted molar refractivity (Wildman–Crippen MR) is 101 cm³/mol. The third-order valence-electron chi connectivity index (χ3n) is 6.09. The third-order valence-corrected chi connectivity index (χ3v) is 6.09. The minimum Gasteiger partial charge on any atom is -0.394 e. The van der Waals surface area contributed by atoms with Gasteiger partial charge in [-0.25, -0.2) is 0 Å². The first-order valence-corrected chi connectivity index (χ1v) is 10.6. The lowest BCUT2D eigenvalue weighted by Crippen LogP contribution is -2.66. The van der Waals surface area contributed by atoms with Gasteiger partial charge in [-0.2, -0.15) is 0 Å². The highest BCUT2D eigenvalue weighted by molar-refractivity contribution is 4.95. The topological polar surface area (TPSA) is 269 Å². The van der Waals surface area contributed by atoms with E-state index in [1.807, 2.05) is 0 Å². The minimum absolute atomic E-state index is 0.715. The van der Waals surface area contributed by atoms with E-state index in [1.165, 1.54) is 0 Å². The highest BCUT2D eigenvalue weighted by Gasteiger charge is 2.53. The average Bonchev–Trinajstić information content (AvgIpc) is 2.83. The lowest BCUT2D eigenvalue weighted by atomic mass is 9.96. The van der Waals surface area contributed by atoms with E-state index in [4.69, 9.17) is 28.8 Å². The molecule has 0 aromatic carbocycles. The van der Waals surface area contributed by atoms with Gasteiger partial charge in [0.1, 0.15) is 73.2 Å². The molecule has 3 rings (SSSR count). The summed E-state index contributed by atoms with van der Waals surface area (Å²) in [5, 5.41) is 109. The van der Waals surface area contributed by atoms with E-state index in [2.05, 4.69) is 0 Å². The summed E-state index contributed by atoms with van der Waals surface area (Å²) in [6.07, 6.45) is -25.2. The second kappa shape index (κ2) is 11.6. The maximum absolute atomic E-state index is 10.6. The van der Waals surface area contributed by atoms with Crippen LogP contribution in [-0.2, 0) is 23.7 Å². The molecule has 11 N–H and O–H groups in total. The molecule has 0 saturated carbocycles. The zero-order valence-corrected chi connectivity index (χ0v) is 17.7. The zero-order valence-electron chi connectivity index (χ0n) is 17.7. The van der Waals surface area contributed by atoms with Gasteiger partial charge in [0.05, 0.1) is 19.8 Å². The second-order valence-corrected chi connectivity index (χ2v) is 8.33. The van der Waals surface area contributed by atoms with Crippen LogP contribution < -0.4 is 0 Å². The van der Waals surface area contributed by atoms with Crippen molar-refractivity contribution in [3.63, 3.8) is 0 Å². The van der Waals surface area contributed by atoms with E-state index < -0.39 is 112 Å².